The van der Waals surface area contributed by atoms with E-state index >= 15 is 0 Å². The van der Waals surface area contributed by atoms with Crippen molar-refractivity contribution in [2.45, 2.75) is 25.4 Å². The number of carbonyl (C=O) groups is 1. The van der Waals surface area contributed by atoms with Gasteiger partial charge < -0.3 is 5.11 Å². The average molecular weight is 226 g/mol. The van der Waals surface area contributed by atoms with Gasteiger partial charge in [0, 0.05) is 18.1 Å². The molecule has 1 heterocycles. The van der Waals surface area contributed by atoms with E-state index in [2.05, 4.69) is 9.97 Å². The zero-order valence-corrected chi connectivity index (χ0v) is 9.62. The summed E-state index contributed by atoms with van der Waals surface area (Å²) in [6.07, 6.45) is 3.96. The number of aromatic nitrogens is 2. The number of thioether (sulfide) groups is 1. The molecular weight excluding hydrogens is 212 g/mol. The minimum Gasteiger partial charge on any atom is -0.481 e. The monoisotopic (exact) mass is 226 g/mol. The van der Waals surface area contributed by atoms with Gasteiger partial charge in [-0.1, -0.05) is 11.8 Å². The number of aliphatic carboxylic acids is 1. The van der Waals surface area contributed by atoms with Crippen molar-refractivity contribution < 1.29 is 9.90 Å². The predicted molar refractivity (Wildman–Crippen MR) is 58.8 cm³/mol. The number of nitrogens with zero attached hydrogens (tertiary/aromatic N) is 2. The first-order valence-electron chi connectivity index (χ1n) is 4.65. The van der Waals surface area contributed by atoms with Crippen LogP contribution in [0.4, 0.5) is 0 Å². The average Bonchev–Trinajstić information content (AvgIpc) is 2.19. The molecule has 0 saturated carbocycles. The Balaban J connectivity index is 2.37. The fourth-order valence-electron chi connectivity index (χ4n) is 0.864. The van der Waals surface area contributed by atoms with Crippen LogP contribution in [0.5, 0.6) is 0 Å². The molecule has 0 bridgehead atoms. The quantitative estimate of drug-likeness (QED) is 0.615. The molecule has 0 fully saturated rings. The molecule has 0 saturated heterocycles. The van der Waals surface area contributed by atoms with Crippen molar-refractivity contribution in [3.05, 3.63) is 18.5 Å². The minimum absolute atomic E-state index is 0.602. The first-order chi connectivity index (χ1) is 7.02. The molecule has 15 heavy (non-hydrogen) atoms. The summed E-state index contributed by atoms with van der Waals surface area (Å²) < 4.78 is 0. The second-order valence-corrected chi connectivity index (χ2v) is 4.88. The van der Waals surface area contributed by atoms with Crippen LogP contribution in [0, 0.1) is 5.41 Å². The van der Waals surface area contributed by atoms with E-state index in [9.17, 15) is 4.79 Å². The highest BCUT2D eigenvalue weighted by Gasteiger charge is 2.26. The third-order valence-corrected chi connectivity index (χ3v) is 2.96. The van der Waals surface area contributed by atoms with Gasteiger partial charge >= 0.3 is 5.97 Å². The number of carboxylic acids is 1. The van der Waals surface area contributed by atoms with Gasteiger partial charge in [-0.2, -0.15) is 0 Å². The highest BCUT2D eigenvalue weighted by Crippen LogP contribution is 2.24. The van der Waals surface area contributed by atoms with Gasteiger partial charge in [0.2, 0.25) is 0 Å². The lowest BCUT2D eigenvalue weighted by Crippen LogP contribution is -2.24. The Kier molecular flexibility index (Phi) is 4.08. The smallest absolute Gasteiger partial charge is 0.309 e. The Labute approximate surface area is 93.1 Å². The van der Waals surface area contributed by atoms with E-state index in [1.54, 1.807) is 32.3 Å². The topological polar surface area (TPSA) is 63.1 Å². The summed E-state index contributed by atoms with van der Waals surface area (Å²) in [4.78, 5) is 18.9. The molecule has 0 amide bonds. The molecule has 0 aliphatic rings. The van der Waals surface area contributed by atoms with Gasteiger partial charge in [-0.05, 0) is 26.3 Å². The Morgan fingerprint density at radius 1 is 1.47 bits per heavy atom. The van der Waals surface area contributed by atoms with Crippen molar-refractivity contribution in [2.75, 3.05) is 5.75 Å². The van der Waals surface area contributed by atoms with Gasteiger partial charge in [0.15, 0.2) is 5.16 Å². The van der Waals surface area contributed by atoms with Gasteiger partial charge in [0.05, 0.1) is 5.41 Å². The van der Waals surface area contributed by atoms with Crippen molar-refractivity contribution in [2.24, 2.45) is 5.41 Å². The molecule has 0 spiro atoms. The molecule has 0 unspecified atom stereocenters. The van der Waals surface area contributed by atoms with Crippen LogP contribution < -0.4 is 0 Å². The molecule has 82 valence electrons. The standard InChI is InChI=1S/C10H14N2O2S/c1-10(2,8(13)14)4-7-15-9-11-5-3-6-12-9/h3,5-6H,4,7H2,1-2H3,(H,13,14). The highest BCUT2D eigenvalue weighted by molar-refractivity contribution is 7.99. The van der Waals surface area contributed by atoms with Crippen molar-refractivity contribution >= 4 is 17.7 Å². The van der Waals surface area contributed by atoms with Crippen LogP contribution in [0.1, 0.15) is 20.3 Å². The van der Waals surface area contributed by atoms with E-state index in [1.165, 1.54) is 11.8 Å². The van der Waals surface area contributed by atoms with Crippen LogP contribution in [-0.4, -0.2) is 26.8 Å². The molecule has 0 atom stereocenters. The molecule has 4 nitrogen and oxygen atoms in total. The van der Waals surface area contributed by atoms with Gasteiger partial charge in [-0.25, -0.2) is 9.97 Å². The fraction of sp³-hybridized carbons (Fsp3) is 0.500. The zero-order chi connectivity index (χ0) is 11.3. The Morgan fingerprint density at radius 3 is 2.60 bits per heavy atom. The van der Waals surface area contributed by atoms with E-state index in [4.69, 9.17) is 5.11 Å². The van der Waals surface area contributed by atoms with Gasteiger partial charge in [-0.15, -0.1) is 0 Å². The molecule has 1 aromatic heterocycles. The Morgan fingerprint density at radius 2 is 2.07 bits per heavy atom. The summed E-state index contributed by atoms with van der Waals surface area (Å²) in [6, 6.07) is 1.76. The van der Waals surface area contributed by atoms with Crippen LogP contribution in [-0.2, 0) is 4.79 Å². The van der Waals surface area contributed by atoms with E-state index in [0.717, 1.165) is 0 Å². The lowest BCUT2D eigenvalue weighted by Gasteiger charge is -2.17. The van der Waals surface area contributed by atoms with E-state index in [0.29, 0.717) is 17.3 Å². The predicted octanol–water partition coefficient (Wildman–Crippen LogP) is 2.07. The summed E-state index contributed by atoms with van der Waals surface area (Å²) in [7, 11) is 0. The molecule has 1 rings (SSSR count). The Hall–Kier alpha value is -1.10. The maximum absolute atomic E-state index is 10.8. The van der Waals surface area contributed by atoms with Crippen LogP contribution in [0.2, 0.25) is 0 Å². The summed E-state index contributed by atoms with van der Waals surface area (Å²) >= 11 is 1.48. The van der Waals surface area contributed by atoms with Crippen LogP contribution in [0.15, 0.2) is 23.6 Å². The van der Waals surface area contributed by atoms with Crippen LogP contribution in [0.3, 0.4) is 0 Å². The summed E-state index contributed by atoms with van der Waals surface area (Å²) in [5, 5.41) is 9.59. The third kappa shape index (κ3) is 3.87. The van der Waals surface area contributed by atoms with Gasteiger partial charge in [-0.3, -0.25) is 4.79 Å². The molecule has 0 aliphatic heterocycles. The highest BCUT2D eigenvalue weighted by atomic mass is 32.2. The molecule has 0 aliphatic carbocycles. The molecule has 1 aromatic rings. The van der Waals surface area contributed by atoms with Crippen LogP contribution >= 0.6 is 11.8 Å². The van der Waals surface area contributed by atoms with E-state index < -0.39 is 11.4 Å². The maximum Gasteiger partial charge on any atom is 0.309 e. The molecule has 0 radical (unpaired) electrons. The lowest BCUT2D eigenvalue weighted by atomic mass is 9.91. The van der Waals surface area contributed by atoms with E-state index in [1.807, 2.05) is 0 Å². The fourth-order valence-corrected chi connectivity index (χ4v) is 1.93. The summed E-state index contributed by atoms with van der Waals surface area (Å²) in [6.45, 7) is 3.45. The molecule has 0 aromatic carbocycles. The first-order valence-corrected chi connectivity index (χ1v) is 5.64. The third-order valence-electron chi connectivity index (χ3n) is 2.08. The van der Waals surface area contributed by atoms with Gasteiger partial charge in [0.25, 0.3) is 0 Å². The van der Waals surface area contributed by atoms with Crippen molar-refractivity contribution in [1.29, 1.82) is 0 Å². The number of rotatable bonds is 5. The second-order valence-electron chi connectivity index (χ2n) is 3.82. The minimum atomic E-state index is -0.767. The molecule has 5 heteroatoms. The first kappa shape index (κ1) is 12.0. The largest absolute Gasteiger partial charge is 0.481 e. The normalized spacial score (nSPS) is 11.3. The molecular formula is C10H14N2O2S. The second kappa shape index (κ2) is 5.11. The van der Waals surface area contributed by atoms with E-state index in [-0.39, 0.29) is 0 Å². The molecule has 1 N–H and O–H groups in total. The lowest BCUT2D eigenvalue weighted by molar-refractivity contribution is -0.146. The number of carboxylic acid groups (broad SMARTS) is 1. The SMILES string of the molecule is CC(C)(CCSc1ncccn1)C(=O)O. The van der Waals surface area contributed by atoms with Gasteiger partial charge in [0.1, 0.15) is 0 Å². The van der Waals surface area contributed by atoms with Crippen molar-refractivity contribution in [1.82, 2.24) is 9.97 Å². The number of hydrogen-bond donors (Lipinski definition) is 1. The van der Waals surface area contributed by atoms with Crippen molar-refractivity contribution in [3.8, 4) is 0 Å². The van der Waals surface area contributed by atoms with Crippen LogP contribution in [0.25, 0.3) is 0 Å². The van der Waals surface area contributed by atoms with Crippen molar-refractivity contribution in [3.63, 3.8) is 0 Å². The maximum atomic E-state index is 10.8. The Bertz CT molecular complexity index is 327. The number of hydrogen-bond acceptors (Lipinski definition) is 4. The summed E-state index contributed by atoms with van der Waals surface area (Å²) in [5.74, 6) is -0.0550. The summed E-state index contributed by atoms with van der Waals surface area (Å²) in [5.41, 5.74) is -0.679. The zero-order valence-electron chi connectivity index (χ0n) is 8.80.